The average Bonchev–Trinajstić information content (AvgIpc) is 2.99. The van der Waals surface area contributed by atoms with Gasteiger partial charge in [-0.3, -0.25) is 4.79 Å². The number of amides is 1. The summed E-state index contributed by atoms with van der Waals surface area (Å²) < 4.78 is 0. The number of anilines is 1. The highest BCUT2D eigenvalue weighted by atomic mass is 35.5. The lowest BCUT2D eigenvalue weighted by Gasteiger charge is -2.36. The highest BCUT2D eigenvalue weighted by Gasteiger charge is 2.26. The molecule has 1 aliphatic heterocycles. The normalized spacial score (nSPS) is 13.5. The Bertz CT molecular complexity index is 1410. The maximum atomic E-state index is 13.3. The van der Waals surface area contributed by atoms with Crippen molar-refractivity contribution in [3.05, 3.63) is 112 Å². The number of nitrogens with zero attached hydrogens (tertiary/aromatic N) is 4. The molecule has 0 unspecified atom stereocenters. The van der Waals surface area contributed by atoms with Crippen molar-refractivity contribution in [2.45, 2.75) is 46.0 Å². The molecular weight excluding hydrogens is 516 g/mol. The molecule has 5 nitrogen and oxygen atoms in total. The number of aryl methyl sites for hydroxylation is 2. The van der Waals surface area contributed by atoms with E-state index >= 15 is 0 Å². The number of hydrogen-bond donors (Lipinski definition) is 0. The summed E-state index contributed by atoms with van der Waals surface area (Å²) >= 11 is 6.13. The van der Waals surface area contributed by atoms with Crippen molar-refractivity contribution < 1.29 is 4.79 Å². The van der Waals surface area contributed by atoms with E-state index in [0.717, 1.165) is 54.1 Å². The quantitative estimate of drug-likeness (QED) is 0.203. The van der Waals surface area contributed by atoms with Crippen LogP contribution in [0.3, 0.4) is 0 Å². The van der Waals surface area contributed by atoms with Crippen molar-refractivity contribution in [1.82, 2.24) is 14.9 Å². The smallest absolute Gasteiger partial charge is 0.253 e. The monoisotopic (exact) mass is 552 g/mol. The molecule has 1 amide bonds. The largest absolute Gasteiger partial charge is 0.353 e. The van der Waals surface area contributed by atoms with Gasteiger partial charge >= 0.3 is 0 Å². The third kappa shape index (κ3) is 6.71. The third-order valence-corrected chi connectivity index (χ3v) is 7.91. The second-order valence-corrected chi connectivity index (χ2v) is 11.0. The zero-order valence-electron chi connectivity index (χ0n) is 23.4. The maximum Gasteiger partial charge on any atom is 0.253 e. The molecule has 1 fully saturated rings. The molecule has 0 saturated carbocycles. The number of carbonyl (C=O) groups excluding carboxylic acids is 1. The Kier molecular flexibility index (Phi) is 9.12. The minimum atomic E-state index is 0.102. The molecule has 3 aromatic carbocycles. The second kappa shape index (κ2) is 13.1. The van der Waals surface area contributed by atoms with Crippen LogP contribution in [0.25, 0.3) is 11.4 Å². The van der Waals surface area contributed by atoms with Gasteiger partial charge in [0.05, 0.1) is 0 Å². The van der Waals surface area contributed by atoms with E-state index in [2.05, 4.69) is 55.1 Å². The SMILES string of the molecule is CCCCCc1ccc(C(=O)N2CCN(c3nc(-c4ccc(Cl)cc4)nc(C)c3Cc3ccccc3)CC2)cc1. The van der Waals surface area contributed by atoms with E-state index in [0.29, 0.717) is 23.9 Å². The van der Waals surface area contributed by atoms with E-state index in [1.165, 1.54) is 30.4 Å². The zero-order valence-corrected chi connectivity index (χ0v) is 24.2. The average molecular weight is 553 g/mol. The summed E-state index contributed by atoms with van der Waals surface area (Å²) in [7, 11) is 0. The molecule has 0 radical (unpaired) electrons. The van der Waals surface area contributed by atoms with Crippen LogP contribution in [0.4, 0.5) is 5.82 Å². The van der Waals surface area contributed by atoms with Crippen LogP contribution in [0, 0.1) is 6.92 Å². The molecule has 2 heterocycles. The molecule has 0 bridgehead atoms. The number of unbranched alkanes of at least 4 members (excludes halogenated alkanes) is 2. The standard InChI is InChI=1S/C34H37ClN4O/c1-3-4-6-9-26-12-14-29(15-13-26)34(40)39-22-20-38(21-23-39)33-31(24-27-10-7-5-8-11-27)25(2)36-32(37-33)28-16-18-30(35)19-17-28/h5,7-8,10-19H,3-4,6,9,20-24H2,1-2H3. The summed E-state index contributed by atoms with van der Waals surface area (Å²) in [5.41, 5.74) is 6.32. The van der Waals surface area contributed by atoms with Crippen LogP contribution in [0.15, 0.2) is 78.9 Å². The van der Waals surface area contributed by atoms with Gasteiger partial charge in [-0.2, -0.15) is 0 Å². The Labute approximate surface area is 242 Å². The number of aromatic nitrogens is 2. The second-order valence-electron chi connectivity index (χ2n) is 10.5. The summed E-state index contributed by atoms with van der Waals surface area (Å²) in [6.07, 6.45) is 5.48. The summed E-state index contributed by atoms with van der Waals surface area (Å²) in [5.74, 6) is 1.74. The van der Waals surface area contributed by atoms with Crippen molar-refractivity contribution in [1.29, 1.82) is 0 Å². The van der Waals surface area contributed by atoms with Crippen molar-refractivity contribution in [3.8, 4) is 11.4 Å². The Morgan fingerprint density at radius 2 is 1.52 bits per heavy atom. The number of benzene rings is 3. The zero-order chi connectivity index (χ0) is 27.9. The fourth-order valence-electron chi connectivity index (χ4n) is 5.27. The molecule has 0 N–H and O–H groups in total. The molecule has 0 atom stereocenters. The Morgan fingerprint density at radius 3 is 2.20 bits per heavy atom. The van der Waals surface area contributed by atoms with E-state index in [1.54, 1.807) is 0 Å². The minimum Gasteiger partial charge on any atom is -0.353 e. The van der Waals surface area contributed by atoms with Crippen molar-refractivity contribution in [2.24, 2.45) is 0 Å². The van der Waals surface area contributed by atoms with Crippen molar-refractivity contribution in [2.75, 3.05) is 31.1 Å². The fourth-order valence-corrected chi connectivity index (χ4v) is 5.40. The third-order valence-electron chi connectivity index (χ3n) is 7.65. The molecule has 40 heavy (non-hydrogen) atoms. The lowest BCUT2D eigenvalue weighted by molar-refractivity contribution is 0.0746. The van der Waals surface area contributed by atoms with Gasteiger partial charge in [-0.1, -0.05) is 73.8 Å². The first-order chi connectivity index (χ1) is 19.5. The van der Waals surface area contributed by atoms with Crippen molar-refractivity contribution in [3.63, 3.8) is 0 Å². The Balaban J connectivity index is 1.34. The lowest BCUT2D eigenvalue weighted by Crippen LogP contribution is -2.49. The van der Waals surface area contributed by atoms with Gasteiger partial charge in [0.1, 0.15) is 5.82 Å². The van der Waals surface area contributed by atoms with Crippen LogP contribution in [0.5, 0.6) is 0 Å². The highest BCUT2D eigenvalue weighted by Crippen LogP contribution is 2.29. The summed E-state index contributed by atoms with van der Waals surface area (Å²) in [5, 5.41) is 0.688. The van der Waals surface area contributed by atoms with Crippen LogP contribution in [0.1, 0.15) is 58.9 Å². The summed E-state index contributed by atoms with van der Waals surface area (Å²) in [4.78, 5) is 27.6. The first-order valence-electron chi connectivity index (χ1n) is 14.3. The number of hydrogen-bond acceptors (Lipinski definition) is 4. The molecule has 1 aliphatic rings. The van der Waals surface area contributed by atoms with Gasteiger partial charge in [0, 0.05) is 60.0 Å². The topological polar surface area (TPSA) is 49.3 Å². The molecule has 5 rings (SSSR count). The van der Waals surface area contributed by atoms with Crippen LogP contribution < -0.4 is 4.90 Å². The number of piperazine rings is 1. The van der Waals surface area contributed by atoms with Gasteiger partial charge in [-0.15, -0.1) is 0 Å². The molecule has 1 aromatic heterocycles. The molecule has 6 heteroatoms. The van der Waals surface area contributed by atoms with Gasteiger partial charge in [0.2, 0.25) is 0 Å². The molecule has 0 spiro atoms. The number of carbonyl (C=O) groups is 1. The number of halogens is 1. The van der Waals surface area contributed by atoms with E-state index < -0.39 is 0 Å². The van der Waals surface area contributed by atoms with Gasteiger partial charge in [0.25, 0.3) is 5.91 Å². The van der Waals surface area contributed by atoms with Gasteiger partial charge in [-0.05, 0) is 67.3 Å². The van der Waals surface area contributed by atoms with Gasteiger partial charge in [-0.25, -0.2) is 9.97 Å². The van der Waals surface area contributed by atoms with Crippen LogP contribution >= 0.6 is 11.6 Å². The minimum absolute atomic E-state index is 0.102. The van der Waals surface area contributed by atoms with E-state index in [4.69, 9.17) is 21.6 Å². The lowest BCUT2D eigenvalue weighted by atomic mass is 10.0. The fraction of sp³-hybridized carbons (Fsp3) is 0.324. The predicted molar refractivity (Wildman–Crippen MR) is 164 cm³/mol. The first-order valence-corrected chi connectivity index (χ1v) is 14.7. The van der Waals surface area contributed by atoms with Gasteiger partial charge in [0.15, 0.2) is 5.82 Å². The number of rotatable bonds is 9. The van der Waals surface area contributed by atoms with Crippen LogP contribution in [-0.4, -0.2) is 47.0 Å². The molecular formula is C34H37ClN4O. The highest BCUT2D eigenvalue weighted by molar-refractivity contribution is 6.30. The van der Waals surface area contributed by atoms with Gasteiger partial charge < -0.3 is 9.80 Å². The van der Waals surface area contributed by atoms with E-state index in [9.17, 15) is 4.79 Å². The predicted octanol–water partition coefficient (Wildman–Crippen LogP) is 7.39. The van der Waals surface area contributed by atoms with Crippen LogP contribution in [-0.2, 0) is 12.8 Å². The Morgan fingerprint density at radius 1 is 0.825 bits per heavy atom. The molecule has 0 aliphatic carbocycles. The van der Waals surface area contributed by atoms with E-state index in [1.807, 2.05) is 47.4 Å². The molecule has 1 saturated heterocycles. The Hall–Kier alpha value is -3.70. The molecule has 4 aromatic rings. The summed E-state index contributed by atoms with van der Waals surface area (Å²) in [6, 6.07) is 26.3. The van der Waals surface area contributed by atoms with Crippen molar-refractivity contribution >= 4 is 23.3 Å². The maximum absolute atomic E-state index is 13.3. The van der Waals surface area contributed by atoms with Crippen LogP contribution in [0.2, 0.25) is 5.02 Å². The molecule has 206 valence electrons. The van der Waals surface area contributed by atoms with E-state index in [-0.39, 0.29) is 5.91 Å². The summed E-state index contributed by atoms with van der Waals surface area (Å²) in [6.45, 7) is 7.03. The first kappa shape index (κ1) is 27.9.